The van der Waals surface area contributed by atoms with Gasteiger partial charge in [-0.2, -0.15) is 0 Å². The Bertz CT molecular complexity index is 662. The van der Waals surface area contributed by atoms with Gasteiger partial charge in [0.15, 0.2) is 9.84 Å². The van der Waals surface area contributed by atoms with Gasteiger partial charge in [-0.05, 0) is 37.5 Å². The lowest BCUT2D eigenvalue weighted by molar-refractivity contribution is 0.0737. The van der Waals surface area contributed by atoms with E-state index in [1.807, 2.05) is 0 Å². The van der Waals surface area contributed by atoms with Gasteiger partial charge in [0.05, 0.1) is 15.8 Å². The van der Waals surface area contributed by atoms with Crippen LogP contribution in [0.5, 0.6) is 0 Å². The van der Waals surface area contributed by atoms with Gasteiger partial charge in [0, 0.05) is 23.8 Å². The van der Waals surface area contributed by atoms with E-state index >= 15 is 0 Å². The molecule has 0 unspecified atom stereocenters. The zero-order chi connectivity index (χ0) is 15.8. The average molecular weight is 395 g/mol. The lowest BCUT2D eigenvalue weighted by Crippen LogP contribution is -2.44. The zero-order valence-corrected chi connectivity index (χ0v) is 15.0. The summed E-state index contributed by atoms with van der Waals surface area (Å²) in [5, 5.41) is -0.124. The smallest absolute Gasteiger partial charge is 0.255 e. The van der Waals surface area contributed by atoms with Crippen molar-refractivity contribution in [3.63, 3.8) is 0 Å². The summed E-state index contributed by atoms with van der Waals surface area (Å²) in [5.74, 6) is -0.248. The molecule has 4 nitrogen and oxygen atoms in total. The highest BCUT2D eigenvalue weighted by atomic mass is 79.9. The van der Waals surface area contributed by atoms with Gasteiger partial charge in [-0.1, -0.05) is 27.5 Å². The first-order chi connectivity index (χ1) is 9.71. The maximum absolute atomic E-state index is 12.6. The molecule has 0 spiro atoms. The predicted molar refractivity (Wildman–Crippen MR) is 87.5 cm³/mol. The number of nitrogens with zero attached hydrogens (tertiary/aromatic N) is 1. The van der Waals surface area contributed by atoms with Gasteiger partial charge in [0.1, 0.15) is 0 Å². The molecule has 2 atom stereocenters. The summed E-state index contributed by atoms with van der Waals surface area (Å²) in [4.78, 5) is 14.1. The van der Waals surface area contributed by atoms with Crippen LogP contribution in [-0.4, -0.2) is 43.8 Å². The number of halogens is 2. The summed E-state index contributed by atoms with van der Waals surface area (Å²) in [6.07, 6.45) is 3.35. The summed E-state index contributed by atoms with van der Waals surface area (Å²) in [6.45, 7) is 0. The van der Waals surface area contributed by atoms with Crippen LogP contribution in [0.1, 0.15) is 29.6 Å². The minimum Gasteiger partial charge on any atom is -0.337 e. The summed E-state index contributed by atoms with van der Waals surface area (Å²) < 4.78 is 24.5. The largest absolute Gasteiger partial charge is 0.337 e. The van der Waals surface area contributed by atoms with Crippen molar-refractivity contribution in [2.45, 2.75) is 30.6 Å². The van der Waals surface area contributed by atoms with E-state index in [1.165, 1.54) is 11.2 Å². The van der Waals surface area contributed by atoms with Gasteiger partial charge in [0.2, 0.25) is 0 Å². The minimum atomic E-state index is -3.17. The van der Waals surface area contributed by atoms with Gasteiger partial charge < -0.3 is 4.90 Å². The standard InChI is InChI=1S/C14H17BrClNO3S/c1-17(12-4-3-5-13(12)21(2,19)20)14(18)10-8-9(15)6-7-11(10)16/h6-8,12-13H,3-5H2,1-2H3/t12-,13+/m1/s1. The molecule has 1 aliphatic rings. The molecule has 0 saturated heterocycles. The van der Waals surface area contributed by atoms with Gasteiger partial charge in [-0.15, -0.1) is 0 Å². The maximum Gasteiger partial charge on any atom is 0.255 e. The van der Waals surface area contributed by atoms with E-state index in [2.05, 4.69) is 15.9 Å². The minimum absolute atomic E-state index is 0.248. The van der Waals surface area contributed by atoms with E-state index in [0.29, 0.717) is 23.4 Å². The lowest BCUT2D eigenvalue weighted by Gasteiger charge is -2.29. The highest BCUT2D eigenvalue weighted by molar-refractivity contribution is 9.10. The van der Waals surface area contributed by atoms with Crippen molar-refractivity contribution in [3.8, 4) is 0 Å². The first kappa shape index (κ1) is 16.8. The molecule has 0 bridgehead atoms. The molecule has 116 valence electrons. The third-order valence-corrected chi connectivity index (χ3v) is 6.42. The predicted octanol–water partition coefficient (Wildman–Crippen LogP) is 3.14. The third-order valence-electron chi connectivity index (χ3n) is 3.94. The molecule has 0 aromatic heterocycles. The molecule has 7 heteroatoms. The van der Waals surface area contributed by atoms with Crippen LogP contribution >= 0.6 is 27.5 Å². The lowest BCUT2D eigenvalue weighted by atomic mass is 10.1. The van der Waals surface area contributed by atoms with Gasteiger partial charge in [-0.3, -0.25) is 4.79 Å². The second kappa shape index (κ2) is 6.26. The Morgan fingerprint density at radius 1 is 1.38 bits per heavy atom. The summed E-state index contributed by atoms with van der Waals surface area (Å²) >= 11 is 9.40. The monoisotopic (exact) mass is 393 g/mol. The van der Waals surface area contributed by atoms with E-state index in [-0.39, 0.29) is 11.9 Å². The Kier molecular flexibility index (Phi) is 5.00. The number of sulfone groups is 1. The van der Waals surface area contributed by atoms with Crippen molar-refractivity contribution in [1.82, 2.24) is 4.90 Å². The molecule has 0 N–H and O–H groups in total. The van der Waals surface area contributed by atoms with Crippen molar-refractivity contribution >= 4 is 43.3 Å². The Hall–Kier alpha value is -0.590. The van der Waals surface area contributed by atoms with Crippen LogP contribution < -0.4 is 0 Å². The van der Waals surface area contributed by atoms with Gasteiger partial charge in [-0.25, -0.2) is 8.42 Å². The van der Waals surface area contributed by atoms with E-state index in [9.17, 15) is 13.2 Å². The fourth-order valence-electron chi connectivity index (χ4n) is 2.85. The van der Waals surface area contributed by atoms with Gasteiger partial charge in [0.25, 0.3) is 5.91 Å². The number of carbonyl (C=O) groups excluding carboxylic acids is 1. The van der Waals surface area contributed by atoms with Crippen molar-refractivity contribution in [3.05, 3.63) is 33.3 Å². The van der Waals surface area contributed by atoms with Crippen LogP contribution in [0.4, 0.5) is 0 Å². The Morgan fingerprint density at radius 2 is 2.05 bits per heavy atom. The molecule has 0 aliphatic heterocycles. The quantitative estimate of drug-likeness (QED) is 0.791. The summed E-state index contributed by atoms with van der Waals surface area (Å²) in [7, 11) is -1.52. The number of benzene rings is 1. The normalized spacial score (nSPS) is 22.3. The number of hydrogen-bond acceptors (Lipinski definition) is 3. The van der Waals surface area contributed by atoms with Crippen LogP contribution in [-0.2, 0) is 9.84 Å². The van der Waals surface area contributed by atoms with Crippen LogP contribution in [0, 0.1) is 0 Å². The molecule has 1 saturated carbocycles. The number of amides is 1. The first-order valence-corrected chi connectivity index (χ1v) is 9.75. The molecule has 0 heterocycles. The number of rotatable bonds is 3. The van der Waals surface area contributed by atoms with Crippen LogP contribution in [0.3, 0.4) is 0 Å². The van der Waals surface area contributed by atoms with Crippen molar-refractivity contribution in [2.75, 3.05) is 13.3 Å². The molecular formula is C14H17BrClNO3S. The second-order valence-electron chi connectivity index (χ2n) is 5.41. The molecule has 21 heavy (non-hydrogen) atoms. The van der Waals surface area contributed by atoms with E-state index in [4.69, 9.17) is 11.6 Å². The first-order valence-electron chi connectivity index (χ1n) is 6.63. The highest BCUT2D eigenvalue weighted by Gasteiger charge is 2.39. The Morgan fingerprint density at radius 3 is 2.67 bits per heavy atom. The fraction of sp³-hybridized carbons (Fsp3) is 0.500. The van der Waals surface area contributed by atoms with Crippen LogP contribution in [0.2, 0.25) is 5.02 Å². The topological polar surface area (TPSA) is 54.5 Å². The van der Waals surface area contributed by atoms with Crippen molar-refractivity contribution < 1.29 is 13.2 Å². The molecule has 1 aliphatic carbocycles. The molecule has 1 amide bonds. The van der Waals surface area contributed by atoms with E-state index in [0.717, 1.165) is 10.9 Å². The fourth-order valence-corrected chi connectivity index (χ4v) is 4.89. The van der Waals surface area contributed by atoms with E-state index < -0.39 is 15.1 Å². The van der Waals surface area contributed by atoms with Gasteiger partial charge >= 0.3 is 0 Å². The van der Waals surface area contributed by atoms with Crippen LogP contribution in [0.15, 0.2) is 22.7 Å². The maximum atomic E-state index is 12.6. The summed E-state index contributed by atoms with van der Waals surface area (Å²) in [6, 6.07) is 4.78. The number of carbonyl (C=O) groups is 1. The van der Waals surface area contributed by atoms with Crippen LogP contribution in [0.25, 0.3) is 0 Å². The molecule has 1 aromatic rings. The van der Waals surface area contributed by atoms with Crippen molar-refractivity contribution in [2.24, 2.45) is 0 Å². The average Bonchev–Trinajstić information content (AvgIpc) is 2.89. The third kappa shape index (κ3) is 3.60. The number of hydrogen-bond donors (Lipinski definition) is 0. The van der Waals surface area contributed by atoms with E-state index in [1.54, 1.807) is 25.2 Å². The zero-order valence-electron chi connectivity index (χ0n) is 11.8. The SMILES string of the molecule is CN(C(=O)c1cc(Br)ccc1Cl)[C@@H]1CCC[C@@H]1S(C)(=O)=O. The summed E-state index contributed by atoms with van der Waals surface area (Å²) in [5.41, 5.74) is 0.382. The highest BCUT2D eigenvalue weighted by Crippen LogP contribution is 2.31. The molecular weight excluding hydrogens is 378 g/mol. The molecule has 2 rings (SSSR count). The van der Waals surface area contributed by atoms with Crippen molar-refractivity contribution in [1.29, 1.82) is 0 Å². The molecule has 0 radical (unpaired) electrons. The molecule has 1 fully saturated rings. The molecule has 1 aromatic carbocycles. The second-order valence-corrected chi connectivity index (χ2v) is 8.99. The Balaban J connectivity index is 2.29. The Labute approximate surface area is 138 Å².